The van der Waals surface area contributed by atoms with Gasteiger partial charge in [0.05, 0.1) is 0 Å². The number of nitrogens with zero attached hydrogens (tertiary/aromatic N) is 1. The van der Waals surface area contributed by atoms with Crippen molar-refractivity contribution in [1.29, 1.82) is 5.26 Å². The van der Waals surface area contributed by atoms with E-state index in [1.807, 2.05) is 6.07 Å². The minimum absolute atomic E-state index is 0.0457. The standard InChI is InChI=1S/C19H13ClN2O3/c1-2-9-25-18-8-3-15(20)11-13(18)10-14(12-21)19(24)22-16-4-6-17(23)7-5-16/h1,3-8,10-11,23H,9H2,(H,22,24)/b14-10+. The van der Waals surface area contributed by atoms with Crippen molar-refractivity contribution in [3.63, 3.8) is 0 Å². The van der Waals surface area contributed by atoms with Crippen LogP contribution >= 0.6 is 11.6 Å². The molecule has 0 aliphatic rings. The van der Waals surface area contributed by atoms with Crippen LogP contribution in [-0.4, -0.2) is 17.6 Å². The van der Waals surface area contributed by atoms with Crippen LogP contribution < -0.4 is 10.1 Å². The molecule has 25 heavy (non-hydrogen) atoms. The molecule has 0 heterocycles. The average molecular weight is 353 g/mol. The Hall–Kier alpha value is -3.41. The summed E-state index contributed by atoms with van der Waals surface area (Å²) in [6.07, 6.45) is 6.55. The van der Waals surface area contributed by atoms with Crippen molar-refractivity contribution in [2.24, 2.45) is 0 Å². The van der Waals surface area contributed by atoms with Gasteiger partial charge < -0.3 is 15.2 Å². The van der Waals surface area contributed by atoms with E-state index in [1.54, 1.807) is 18.2 Å². The van der Waals surface area contributed by atoms with Gasteiger partial charge in [-0.2, -0.15) is 5.26 Å². The Morgan fingerprint density at radius 2 is 2.04 bits per heavy atom. The Bertz CT molecular complexity index is 890. The van der Waals surface area contributed by atoms with Gasteiger partial charge >= 0.3 is 0 Å². The largest absolute Gasteiger partial charge is 0.508 e. The number of ether oxygens (including phenoxy) is 1. The Balaban J connectivity index is 2.29. The molecule has 0 unspecified atom stereocenters. The lowest BCUT2D eigenvalue weighted by Gasteiger charge is -2.08. The van der Waals surface area contributed by atoms with E-state index in [4.69, 9.17) is 22.8 Å². The molecule has 0 saturated carbocycles. The highest BCUT2D eigenvalue weighted by atomic mass is 35.5. The van der Waals surface area contributed by atoms with E-state index in [0.717, 1.165) is 0 Å². The Kier molecular flexibility index (Phi) is 6.06. The summed E-state index contributed by atoms with van der Waals surface area (Å²) >= 11 is 5.97. The molecule has 0 radical (unpaired) electrons. The number of nitrogens with one attached hydrogen (secondary N) is 1. The molecule has 2 N–H and O–H groups in total. The second-order valence-corrected chi connectivity index (χ2v) is 5.28. The normalized spacial score (nSPS) is 10.4. The number of terminal acetylenes is 1. The third-order valence-electron chi connectivity index (χ3n) is 3.07. The molecular formula is C19H13ClN2O3. The van der Waals surface area contributed by atoms with Crippen LogP contribution in [0.25, 0.3) is 6.08 Å². The Labute approximate surface area is 150 Å². The Morgan fingerprint density at radius 1 is 1.32 bits per heavy atom. The zero-order valence-electron chi connectivity index (χ0n) is 13.0. The highest BCUT2D eigenvalue weighted by molar-refractivity contribution is 6.30. The van der Waals surface area contributed by atoms with Gasteiger partial charge in [-0.05, 0) is 48.5 Å². The minimum atomic E-state index is -0.601. The SMILES string of the molecule is C#CCOc1ccc(Cl)cc1/C=C(\C#N)C(=O)Nc1ccc(O)cc1. The van der Waals surface area contributed by atoms with Gasteiger partial charge in [0.2, 0.25) is 0 Å². The summed E-state index contributed by atoms with van der Waals surface area (Å²) in [5.74, 6) is 2.23. The lowest BCUT2D eigenvalue weighted by Crippen LogP contribution is -2.13. The van der Waals surface area contributed by atoms with E-state index < -0.39 is 5.91 Å². The molecule has 6 heteroatoms. The van der Waals surface area contributed by atoms with Crippen LogP contribution in [-0.2, 0) is 4.79 Å². The molecule has 124 valence electrons. The van der Waals surface area contributed by atoms with Gasteiger partial charge in [-0.25, -0.2) is 0 Å². The molecule has 0 bridgehead atoms. The first-order valence-corrected chi connectivity index (χ1v) is 7.49. The quantitative estimate of drug-likeness (QED) is 0.373. The molecule has 0 aromatic heterocycles. The van der Waals surface area contributed by atoms with Crippen molar-refractivity contribution >= 4 is 29.3 Å². The summed E-state index contributed by atoms with van der Waals surface area (Å²) in [5.41, 5.74) is 0.764. The predicted molar refractivity (Wildman–Crippen MR) is 96.1 cm³/mol. The summed E-state index contributed by atoms with van der Waals surface area (Å²) < 4.78 is 5.39. The number of phenols is 1. The monoisotopic (exact) mass is 352 g/mol. The van der Waals surface area contributed by atoms with Gasteiger partial charge in [-0.3, -0.25) is 4.79 Å². The number of hydrogen-bond acceptors (Lipinski definition) is 4. The van der Waals surface area contributed by atoms with Crippen LogP contribution in [0.1, 0.15) is 5.56 Å². The fourth-order valence-electron chi connectivity index (χ4n) is 1.93. The topological polar surface area (TPSA) is 82.3 Å². The average Bonchev–Trinajstić information content (AvgIpc) is 2.60. The van der Waals surface area contributed by atoms with Gasteiger partial charge in [0, 0.05) is 16.3 Å². The number of carbonyl (C=O) groups excluding carboxylic acids is 1. The fraction of sp³-hybridized carbons (Fsp3) is 0.0526. The second-order valence-electron chi connectivity index (χ2n) is 4.85. The number of phenolic OH excluding ortho intramolecular Hbond substituents is 1. The number of nitriles is 1. The molecule has 2 aromatic rings. The lowest BCUT2D eigenvalue weighted by molar-refractivity contribution is -0.112. The van der Waals surface area contributed by atoms with Crippen LogP contribution in [0.15, 0.2) is 48.0 Å². The van der Waals surface area contributed by atoms with Crippen molar-refractivity contribution in [2.45, 2.75) is 0 Å². The number of aromatic hydroxyl groups is 1. The highest BCUT2D eigenvalue weighted by Gasteiger charge is 2.12. The van der Waals surface area contributed by atoms with E-state index in [0.29, 0.717) is 22.0 Å². The highest BCUT2D eigenvalue weighted by Crippen LogP contribution is 2.25. The minimum Gasteiger partial charge on any atom is -0.508 e. The molecule has 0 spiro atoms. The lowest BCUT2D eigenvalue weighted by atomic mass is 10.1. The van der Waals surface area contributed by atoms with Crippen molar-refractivity contribution in [3.8, 4) is 29.9 Å². The molecule has 0 fully saturated rings. The zero-order valence-corrected chi connectivity index (χ0v) is 13.7. The number of rotatable bonds is 5. The number of amides is 1. The second kappa shape index (κ2) is 8.44. The van der Waals surface area contributed by atoms with Crippen LogP contribution in [0.4, 0.5) is 5.69 Å². The summed E-state index contributed by atoms with van der Waals surface area (Å²) in [7, 11) is 0. The number of halogens is 1. The summed E-state index contributed by atoms with van der Waals surface area (Å²) in [4.78, 5) is 12.3. The zero-order chi connectivity index (χ0) is 18.2. The maximum absolute atomic E-state index is 12.3. The van der Waals surface area contributed by atoms with E-state index in [9.17, 15) is 15.2 Å². The number of benzene rings is 2. The molecule has 2 rings (SSSR count). The Morgan fingerprint density at radius 3 is 2.68 bits per heavy atom. The van der Waals surface area contributed by atoms with Crippen molar-refractivity contribution < 1.29 is 14.6 Å². The van der Waals surface area contributed by atoms with Crippen LogP contribution in [0.5, 0.6) is 11.5 Å². The van der Waals surface area contributed by atoms with Gasteiger partial charge in [0.25, 0.3) is 5.91 Å². The molecule has 5 nitrogen and oxygen atoms in total. The smallest absolute Gasteiger partial charge is 0.266 e. The van der Waals surface area contributed by atoms with E-state index in [-0.39, 0.29) is 17.9 Å². The van der Waals surface area contributed by atoms with Crippen LogP contribution in [0.3, 0.4) is 0 Å². The third kappa shape index (κ3) is 5.04. The van der Waals surface area contributed by atoms with Crippen LogP contribution in [0, 0.1) is 23.7 Å². The van der Waals surface area contributed by atoms with E-state index in [2.05, 4.69) is 11.2 Å². The third-order valence-corrected chi connectivity index (χ3v) is 3.31. The maximum Gasteiger partial charge on any atom is 0.266 e. The first kappa shape index (κ1) is 17.9. The molecule has 0 atom stereocenters. The van der Waals surface area contributed by atoms with Crippen molar-refractivity contribution in [2.75, 3.05) is 11.9 Å². The van der Waals surface area contributed by atoms with Gasteiger partial charge in [-0.15, -0.1) is 6.42 Å². The summed E-state index contributed by atoms with van der Waals surface area (Å²) in [6, 6.07) is 12.5. The molecule has 0 aliphatic carbocycles. The fourth-order valence-corrected chi connectivity index (χ4v) is 2.11. The number of hydrogen-bond donors (Lipinski definition) is 2. The first-order chi connectivity index (χ1) is 12.0. The molecule has 1 amide bonds. The maximum atomic E-state index is 12.3. The van der Waals surface area contributed by atoms with Gasteiger partial charge in [-0.1, -0.05) is 17.5 Å². The number of carbonyl (C=O) groups is 1. The predicted octanol–water partition coefficient (Wildman–Crippen LogP) is 3.60. The van der Waals surface area contributed by atoms with Gasteiger partial charge in [0.15, 0.2) is 0 Å². The molecular weight excluding hydrogens is 340 g/mol. The van der Waals surface area contributed by atoms with E-state index in [1.165, 1.54) is 30.3 Å². The first-order valence-electron chi connectivity index (χ1n) is 7.11. The molecule has 2 aromatic carbocycles. The van der Waals surface area contributed by atoms with Gasteiger partial charge in [0.1, 0.15) is 29.7 Å². The van der Waals surface area contributed by atoms with Crippen LogP contribution in [0.2, 0.25) is 5.02 Å². The summed E-state index contributed by atoms with van der Waals surface area (Å²) in [5, 5.41) is 21.5. The van der Waals surface area contributed by atoms with Crippen molar-refractivity contribution in [1.82, 2.24) is 0 Å². The number of anilines is 1. The van der Waals surface area contributed by atoms with Crippen molar-refractivity contribution in [3.05, 3.63) is 58.6 Å². The molecule has 0 saturated heterocycles. The summed E-state index contributed by atoms with van der Waals surface area (Å²) in [6.45, 7) is 0.0457. The van der Waals surface area contributed by atoms with E-state index >= 15 is 0 Å². The molecule has 0 aliphatic heterocycles.